The number of carbonyl (C=O) groups excluding carboxylic acids is 1. The number of carbonyl (C=O) groups is 1. The van der Waals surface area contributed by atoms with Crippen molar-refractivity contribution in [2.75, 3.05) is 33.1 Å². The van der Waals surface area contributed by atoms with Crippen LogP contribution in [-0.4, -0.2) is 57.7 Å². The Kier molecular flexibility index (Phi) is 5.89. The minimum atomic E-state index is -3.44. The molecule has 134 valence electrons. The average Bonchev–Trinajstić information content (AvgIpc) is 2.89. The van der Waals surface area contributed by atoms with Gasteiger partial charge in [0.2, 0.25) is 15.9 Å². The van der Waals surface area contributed by atoms with Crippen molar-refractivity contribution in [3.8, 4) is 0 Å². The number of hydrogen-bond donors (Lipinski definition) is 1. The second-order valence-electron chi connectivity index (χ2n) is 5.91. The molecule has 1 N–H and O–H groups in total. The SMILES string of the molecule is CN(C)S(=O)(=O)C[C@@H]1COC[C@@H]1NC(=O)Cc1c(F)cccc1F. The lowest BCUT2D eigenvalue weighted by atomic mass is 10.1. The summed E-state index contributed by atoms with van der Waals surface area (Å²) in [7, 11) is -0.580. The zero-order valence-electron chi connectivity index (χ0n) is 13.5. The van der Waals surface area contributed by atoms with Crippen LogP contribution in [-0.2, 0) is 26.0 Å². The van der Waals surface area contributed by atoms with Crippen molar-refractivity contribution in [1.82, 2.24) is 9.62 Å². The van der Waals surface area contributed by atoms with Crippen molar-refractivity contribution >= 4 is 15.9 Å². The zero-order chi connectivity index (χ0) is 17.9. The molecule has 1 heterocycles. The van der Waals surface area contributed by atoms with Crippen LogP contribution in [0.15, 0.2) is 18.2 Å². The molecule has 0 spiro atoms. The molecule has 1 aromatic rings. The number of rotatable bonds is 6. The molecule has 6 nitrogen and oxygen atoms in total. The van der Waals surface area contributed by atoms with Gasteiger partial charge in [0.05, 0.1) is 31.4 Å². The maximum absolute atomic E-state index is 13.6. The van der Waals surface area contributed by atoms with Crippen molar-refractivity contribution in [2.24, 2.45) is 5.92 Å². The minimum Gasteiger partial charge on any atom is -0.379 e. The van der Waals surface area contributed by atoms with Crippen LogP contribution in [0.25, 0.3) is 0 Å². The molecule has 24 heavy (non-hydrogen) atoms. The summed E-state index contributed by atoms with van der Waals surface area (Å²) in [5, 5.41) is 2.61. The van der Waals surface area contributed by atoms with E-state index in [1.807, 2.05) is 0 Å². The Morgan fingerprint density at radius 1 is 1.29 bits per heavy atom. The molecule has 0 bridgehead atoms. The van der Waals surface area contributed by atoms with Crippen LogP contribution in [0.2, 0.25) is 0 Å². The summed E-state index contributed by atoms with van der Waals surface area (Å²) in [5.41, 5.74) is -0.314. The van der Waals surface area contributed by atoms with Gasteiger partial charge in [0.15, 0.2) is 0 Å². The van der Waals surface area contributed by atoms with E-state index in [4.69, 9.17) is 4.74 Å². The Morgan fingerprint density at radius 3 is 2.50 bits per heavy atom. The Balaban J connectivity index is 2.00. The van der Waals surface area contributed by atoms with Gasteiger partial charge in [-0.3, -0.25) is 4.79 Å². The van der Waals surface area contributed by atoms with Gasteiger partial charge in [-0.2, -0.15) is 0 Å². The largest absolute Gasteiger partial charge is 0.379 e. The third kappa shape index (κ3) is 4.49. The fourth-order valence-corrected chi connectivity index (χ4v) is 3.63. The molecule has 0 saturated carbocycles. The van der Waals surface area contributed by atoms with Gasteiger partial charge in [-0.05, 0) is 12.1 Å². The Morgan fingerprint density at radius 2 is 1.92 bits per heavy atom. The highest BCUT2D eigenvalue weighted by Crippen LogP contribution is 2.18. The van der Waals surface area contributed by atoms with Gasteiger partial charge in [0, 0.05) is 25.6 Å². The van der Waals surface area contributed by atoms with Gasteiger partial charge >= 0.3 is 0 Å². The van der Waals surface area contributed by atoms with Crippen LogP contribution >= 0.6 is 0 Å². The third-order valence-electron chi connectivity index (χ3n) is 3.92. The van der Waals surface area contributed by atoms with Crippen molar-refractivity contribution < 1.29 is 26.7 Å². The fraction of sp³-hybridized carbons (Fsp3) is 0.533. The van der Waals surface area contributed by atoms with Crippen LogP contribution in [0.4, 0.5) is 8.78 Å². The second kappa shape index (κ2) is 7.54. The first-order chi connectivity index (χ1) is 11.2. The van der Waals surface area contributed by atoms with E-state index in [1.165, 1.54) is 20.2 Å². The first-order valence-corrected chi connectivity index (χ1v) is 9.02. The van der Waals surface area contributed by atoms with E-state index >= 15 is 0 Å². The number of nitrogens with zero attached hydrogens (tertiary/aromatic N) is 1. The van der Waals surface area contributed by atoms with E-state index in [0.717, 1.165) is 16.4 Å². The van der Waals surface area contributed by atoms with Crippen LogP contribution in [0.1, 0.15) is 5.56 Å². The normalized spacial score (nSPS) is 21.2. The first-order valence-electron chi connectivity index (χ1n) is 7.41. The van der Waals surface area contributed by atoms with Crippen LogP contribution in [0, 0.1) is 17.6 Å². The van der Waals surface area contributed by atoms with E-state index < -0.39 is 45.9 Å². The predicted octanol–water partition coefficient (Wildman–Crippen LogP) is 0.530. The average molecular weight is 362 g/mol. The van der Waals surface area contributed by atoms with Gasteiger partial charge in [-0.1, -0.05) is 6.07 Å². The number of benzene rings is 1. The molecule has 1 aliphatic rings. The van der Waals surface area contributed by atoms with E-state index in [2.05, 4.69) is 5.32 Å². The molecule has 9 heteroatoms. The summed E-state index contributed by atoms with van der Waals surface area (Å²) in [4.78, 5) is 12.1. The van der Waals surface area contributed by atoms with Crippen LogP contribution < -0.4 is 5.32 Å². The number of sulfonamides is 1. The second-order valence-corrected chi connectivity index (χ2v) is 8.14. The maximum Gasteiger partial charge on any atom is 0.224 e. The summed E-state index contributed by atoms with van der Waals surface area (Å²) in [6, 6.07) is 2.87. The standard InChI is InChI=1S/C15H20F2N2O4S/c1-19(2)24(21,22)9-10-7-23-8-14(10)18-15(20)6-11-12(16)4-3-5-13(11)17/h3-5,10,14H,6-9H2,1-2H3,(H,18,20)/t10-,14-/m0/s1. The summed E-state index contributed by atoms with van der Waals surface area (Å²) in [6.07, 6.45) is -0.456. The molecule has 0 unspecified atom stereocenters. The molecular formula is C15H20F2N2O4S. The van der Waals surface area contributed by atoms with E-state index in [-0.39, 0.29) is 24.5 Å². The first kappa shape index (κ1) is 18.8. The van der Waals surface area contributed by atoms with Gasteiger partial charge in [-0.15, -0.1) is 0 Å². The van der Waals surface area contributed by atoms with E-state index in [0.29, 0.717) is 0 Å². The molecule has 0 aliphatic carbocycles. The Hall–Kier alpha value is -1.58. The number of nitrogens with one attached hydrogen (secondary N) is 1. The maximum atomic E-state index is 13.6. The number of hydrogen-bond acceptors (Lipinski definition) is 4. The van der Waals surface area contributed by atoms with Crippen molar-refractivity contribution in [3.63, 3.8) is 0 Å². The van der Waals surface area contributed by atoms with Crippen molar-refractivity contribution in [1.29, 1.82) is 0 Å². The Labute approximate surface area is 139 Å². The molecule has 2 atom stereocenters. The lowest BCUT2D eigenvalue weighted by Gasteiger charge is -2.21. The summed E-state index contributed by atoms with van der Waals surface area (Å²) < 4.78 is 57.4. The number of amides is 1. The van der Waals surface area contributed by atoms with E-state index in [1.54, 1.807) is 0 Å². The molecule has 1 fully saturated rings. The summed E-state index contributed by atoms with van der Waals surface area (Å²) >= 11 is 0. The molecule has 0 radical (unpaired) electrons. The van der Waals surface area contributed by atoms with Crippen LogP contribution in [0.5, 0.6) is 0 Å². The summed E-state index contributed by atoms with van der Waals surface area (Å²) in [6.45, 7) is 0.366. The Bertz CT molecular complexity index is 689. The third-order valence-corrected chi connectivity index (χ3v) is 5.89. The van der Waals surface area contributed by atoms with Gasteiger partial charge in [0.25, 0.3) is 0 Å². The highest BCUT2D eigenvalue weighted by atomic mass is 32.2. The molecule has 1 amide bonds. The lowest BCUT2D eigenvalue weighted by Crippen LogP contribution is -2.44. The molecule has 2 rings (SSSR count). The predicted molar refractivity (Wildman–Crippen MR) is 83.8 cm³/mol. The van der Waals surface area contributed by atoms with Crippen molar-refractivity contribution in [2.45, 2.75) is 12.5 Å². The fourth-order valence-electron chi connectivity index (χ4n) is 2.46. The number of ether oxygens (including phenoxy) is 1. The molecule has 1 aliphatic heterocycles. The van der Waals surface area contributed by atoms with Gasteiger partial charge in [0.1, 0.15) is 11.6 Å². The molecule has 1 saturated heterocycles. The smallest absolute Gasteiger partial charge is 0.224 e. The quantitative estimate of drug-likeness (QED) is 0.801. The highest BCUT2D eigenvalue weighted by molar-refractivity contribution is 7.89. The van der Waals surface area contributed by atoms with Gasteiger partial charge < -0.3 is 10.1 Å². The van der Waals surface area contributed by atoms with Crippen LogP contribution in [0.3, 0.4) is 0 Å². The highest BCUT2D eigenvalue weighted by Gasteiger charge is 2.34. The number of halogens is 2. The monoisotopic (exact) mass is 362 g/mol. The topological polar surface area (TPSA) is 75.7 Å². The molecule has 0 aromatic heterocycles. The molecular weight excluding hydrogens is 342 g/mol. The van der Waals surface area contributed by atoms with E-state index in [9.17, 15) is 22.0 Å². The molecule has 1 aromatic carbocycles. The van der Waals surface area contributed by atoms with Gasteiger partial charge in [-0.25, -0.2) is 21.5 Å². The lowest BCUT2D eigenvalue weighted by molar-refractivity contribution is -0.121. The summed E-state index contributed by atoms with van der Waals surface area (Å²) in [5.74, 6) is -2.74. The zero-order valence-corrected chi connectivity index (χ0v) is 14.3. The van der Waals surface area contributed by atoms with Crippen molar-refractivity contribution in [3.05, 3.63) is 35.4 Å². The minimum absolute atomic E-state index is 0.166.